The third kappa shape index (κ3) is 2.19. The lowest BCUT2D eigenvalue weighted by atomic mass is 10.6. The highest BCUT2D eigenvalue weighted by Crippen LogP contribution is 2.16. The molecule has 74 valence electrons. The number of rotatable bonds is 4. The van der Waals surface area contributed by atoms with Gasteiger partial charge in [-0.15, -0.1) is 23.4 Å². The first-order chi connectivity index (χ1) is 6.90. The summed E-state index contributed by atoms with van der Waals surface area (Å²) in [7, 11) is 0. The van der Waals surface area contributed by atoms with Crippen molar-refractivity contribution in [3.8, 4) is 0 Å². The standard InChI is InChI=1S/C9H10ClN3S/c10-4-1-7-14-9-3-6-13-8(12-9)2-5-11-13/h2-3,5-6H,1,4,7H2. The van der Waals surface area contributed by atoms with Crippen LogP contribution in [0.4, 0.5) is 0 Å². The Morgan fingerprint density at radius 3 is 3.21 bits per heavy atom. The molecular formula is C9H10ClN3S. The van der Waals surface area contributed by atoms with Crippen LogP contribution in [-0.4, -0.2) is 26.2 Å². The lowest BCUT2D eigenvalue weighted by Gasteiger charge is -1.99. The summed E-state index contributed by atoms with van der Waals surface area (Å²) in [4.78, 5) is 4.43. The SMILES string of the molecule is ClCCCSc1ccn2nccc2n1. The van der Waals surface area contributed by atoms with Crippen LogP contribution in [0.25, 0.3) is 5.65 Å². The summed E-state index contributed by atoms with van der Waals surface area (Å²) in [5.74, 6) is 1.72. The average Bonchev–Trinajstić information content (AvgIpc) is 2.65. The number of hydrogen-bond donors (Lipinski definition) is 0. The molecule has 0 atom stereocenters. The molecule has 0 spiro atoms. The van der Waals surface area contributed by atoms with Gasteiger partial charge in [0.15, 0.2) is 5.65 Å². The van der Waals surface area contributed by atoms with Gasteiger partial charge in [-0.25, -0.2) is 9.50 Å². The van der Waals surface area contributed by atoms with E-state index >= 15 is 0 Å². The molecule has 3 nitrogen and oxygen atoms in total. The van der Waals surface area contributed by atoms with Crippen molar-refractivity contribution >= 4 is 29.0 Å². The van der Waals surface area contributed by atoms with Gasteiger partial charge in [-0.1, -0.05) is 0 Å². The quantitative estimate of drug-likeness (QED) is 0.348. The van der Waals surface area contributed by atoms with E-state index in [2.05, 4.69) is 10.1 Å². The summed E-state index contributed by atoms with van der Waals surface area (Å²) in [5.41, 5.74) is 0.890. The van der Waals surface area contributed by atoms with Crippen molar-refractivity contribution < 1.29 is 0 Å². The average molecular weight is 228 g/mol. The van der Waals surface area contributed by atoms with Crippen LogP contribution in [0.2, 0.25) is 0 Å². The molecule has 2 heterocycles. The van der Waals surface area contributed by atoms with Crippen molar-refractivity contribution in [3.63, 3.8) is 0 Å². The monoisotopic (exact) mass is 227 g/mol. The van der Waals surface area contributed by atoms with Crippen LogP contribution in [0.3, 0.4) is 0 Å². The van der Waals surface area contributed by atoms with Crippen LogP contribution in [0, 0.1) is 0 Å². The van der Waals surface area contributed by atoms with Gasteiger partial charge in [0.2, 0.25) is 0 Å². The molecule has 14 heavy (non-hydrogen) atoms. The topological polar surface area (TPSA) is 30.2 Å². The second-order valence-corrected chi connectivity index (χ2v) is 4.28. The van der Waals surface area contributed by atoms with E-state index in [1.807, 2.05) is 18.3 Å². The highest BCUT2D eigenvalue weighted by atomic mass is 35.5. The summed E-state index contributed by atoms with van der Waals surface area (Å²) in [6, 6.07) is 3.87. The highest BCUT2D eigenvalue weighted by molar-refractivity contribution is 7.99. The largest absolute Gasteiger partial charge is 0.223 e. The van der Waals surface area contributed by atoms with Crippen molar-refractivity contribution in [1.29, 1.82) is 0 Å². The Bertz CT molecular complexity index is 415. The van der Waals surface area contributed by atoms with Gasteiger partial charge in [-0.2, -0.15) is 5.10 Å². The minimum atomic E-state index is 0.710. The number of thioether (sulfide) groups is 1. The normalized spacial score (nSPS) is 10.9. The maximum Gasteiger partial charge on any atom is 0.156 e. The summed E-state index contributed by atoms with van der Waals surface area (Å²) >= 11 is 7.32. The Morgan fingerprint density at radius 2 is 2.36 bits per heavy atom. The van der Waals surface area contributed by atoms with E-state index in [1.165, 1.54) is 0 Å². The highest BCUT2D eigenvalue weighted by Gasteiger charge is 1.98. The maximum atomic E-state index is 5.60. The third-order valence-corrected chi connectivity index (χ3v) is 3.04. The fourth-order valence-corrected chi connectivity index (χ4v) is 2.21. The molecule has 0 amide bonds. The molecule has 0 fully saturated rings. The molecule has 2 rings (SSSR count). The molecule has 0 bridgehead atoms. The molecule has 2 aromatic heterocycles. The summed E-state index contributed by atoms with van der Waals surface area (Å²) in [6.07, 6.45) is 4.68. The Hall–Kier alpha value is -0.740. The van der Waals surface area contributed by atoms with E-state index < -0.39 is 0 Å². The minimum absolute atomic E-state index is 0.710. The van der Waals surface area contributed by atoms with Crippen molar-refractivity contribution in [1.82, 2.24) is 14.6 Å². The van der Waals surface area contributed by atoms with Gasteiger partial charge in [-0.05, 0) is 12.5 Å². The number of aromatic nitrogens is 3. The van der Waals surface area contributed by atoms with Gasteiger partial charge in [0.05, 0.1) is 6.20 Å². The Labute approximate surface area is 91.5 Å². The van der Waals surface area contributed by atoms with Crippen molar-refractivity contribution in [3.05, 3.63) is 24.5 Å². The second kappa shape index (κ2) is 4.66. The summed E-state index contributed by atoms with van der Waals surface area (Å²) < 4.78 is 1.76. The van der Waals surface area contributed by atoms with Gasteiger partial charge in [-0.3, -0.25) is 0 Å². The van der Waals surface area contributed by atoms with Gasteiger partial charge in [0, 0.05) is 23.9 Å². The van der Waals surface area contributed by atoms with E-state index in [1.54, 1.807) is 22.5 Å². The molecule has 0 saturated heterocycles. The molecule has 0 unspecified atom stereocenters. The van der Waals surface area contributed by atoms with E-state index in [0.717, 1.165) is 22.8 Å². The zero-order valence-electron chi connectivity index (χ0n) is 7.56. The van der Waals surface area contributed by atoms with Crippen molar-refractivity contribution in [2.75, 3.05) is 11.6 Å². The van der Waals surface area contributed by atoms with Crippen LogP contribution in [-0.2, 0) is 0 Å². The number of hydrogen-bond acceptors (Lipinski definition) is 3. The van der Waals surface area contributed by atoms with Crippen LogP contribution in [0.1, 0.15) is 6.42 Å². The van der Waals surface area contributed by atoms with Crippen LogP contribution in [0.15, 0.2) is 29.6 Å². The van der Waals surface area contributed by atoms with Crippen LogP contribution < -0.4 is 0 Å². The first-order valence-corrected chi connectivity index (χ1v) is 5.91. The fourth-order valence-electron chi connectivity index (χ4n) is 1.11. The Kier molecular flexibility index (Phi) is 3.26. The number of halogens is 1. The molecule has 0 aromatic carbocycles. The minimum Gasteiger partial charge on any atom is -0.223 e. The third-order valence-electron chi connectivity index (χ3n) is 1.76. The zero-order chi connectivity index (χ0) is 9.80. The molecule has 0 saturated carbocycles. The molecule has 2 aromatic rings. The van der Waals surface area contributed by atoms with Gasteiger partial charge in [0.25, 0.3) is 0 Å². The number of alkyl halides is 1. The summed E-state index contributed by atoms with van der Waals surface area (Å²) in [5, 5.41) is 5.11. The van der Waals surface area contributed by atoms with Crippen LogP contribution >= 0.6 is 23.4 Å². The van der Waals surface area contributed by atoms with Gasteiger partial charge in [0.1, 0.15) is 5.03 Å². The zero-order valence-corrected chi connectivity index (χ0v) is 9.13. The van der Waals surface area contributed by atoms with E-state index in [-0.39, 0.29) is 0 Å². The molecule has 0 aliphatic rings. The molecule has 0 aliphatic heterocycles. The van der Waals surface area contributed by atoms with Gasteiger partial charge < -0.3 is 0 Å². The Balaban J connectivity index is 2.10. The Morgan fingerprint density at radius 1 is 1.43 bits per heavy atom. The molecule has 0 radical (unpaired) electrons. The van der Waals surface area contributed by atoms with E-state index in [0.29, 0.717) is 5.88 Å². The molecule has 0 N–H and O–H groups in total. The molecular weight excluding hydrogens is 218 g/mol. The lowest BCUT2D eigenvalue weighted by Crippen LogP contribution is -1.91. The first-order valence-electron chi connectivity index (χ1n) is 4.39. The smallest absolute Gasteiger partial charge is 0.156 e. The summed E-state index contributed by atoms with van der Waals surface area (Å²) in [6.45, 7) is 0. The van der Waals surface area contributed by atoms with E-state index in [4.69, 9.17) is 11.6 Å². The van der Waals surface area contributed by atoms with E-state index in [9.17, 15) is 0 Å². The second-order valence-electron chi connectivity index (χ2n) is 2.79. The fraction of sp³-hybridized carbons (Fsp3) is 0.333. The number of fused-ring (bicyclic) bond motifs is 1. The van der Waals surface area contributed by atoms with Crippen molar-refractivity contribution in [2.24, 2.45) is 0 Å². The molecule has 5 heteroatoms. The van der Waals surface area contributed by atoms with Gasteiger partial charge >= 0.3 is 0 Å². The van der Waals surface area contributed by atoms with Crippen LogP contribution in [0.5, 0.6) is 0 Å². The lowest BCUT2D eigenvalue weighted by molar-refractivity contribution is 0.914. The predicted molar refractivity (Wildman–Crippen MR) is 59.0 cm³/mol. The first kappa shape index (κ1) is 9.80. The molecule has 0 aliphatic carbocycles. The maximum absolute atomic E-state index is 5.60. The number of nitrogens with zero attached hydrogens (tertiary/aromatic N) is 3. The van der Waals surface area contributed by atoms with Crippen molar-refractivity contribution in [2.45, 2.75) is 11.4 Å². The predicted octanol–water partition coefficient (Wildman–Crippen LogP) is 2.45.